The van der Waals surface area contributed by atoms with Gasteiger partial charge in [-0.15, -0.1) is 0 Å². The first-order valence-electron chi connectivity index (χ1n) is 5.59. The molecular weight excluding hydrogens is 218 g/mol. The molecule has 0 saturated carbocycles. The number of rotatable bonds is 1. The molecule has 2 heterocycles. The van der Waals surface area contributed by atoms with E-state index in [4.69, 9.17) is 9.47 Å². The number of ether oxygens (including phenoxy) is 2. The molecule has 2 aromatic rings. The Morgan fingerprint density at radius 1 is 1.53 bits per heavy atom. The fourth-order valence-corrected chi connectivity index (χ4v) is 2.33. The first-order valence-corrected chi connectivity index (χ1v) is 5.59. The van der Waals surface area contributed by atoms with Gasteiger partial charge in [0.15, 0.2) is 0 Å². The molecular formula is C13H13NO3. The molecule has 4 heteroatoms. The van der Waals surface area contributed by atoms with Gasteiger partial charge < -0.3 is 14.5 Å². The average Bonchev–Trinajstić information content (AvgIpc) is 2.66. The molecule has 17 heavy (non-hydrogen) atoms. The molecule has 0 spiro atoms. The Kier molecular flexibility index (Phi) is 2.28. The molecule has 0 fully saturated rings. The van der Waals surface area contributed by atoms with E-state index in [1.54, 1.807) is 0 Å². The van der Waals surface area contributed by atoms with E-state index < -0.39 is 0 Å². The lowest BCUT2D eigenvalue weighted by atomic mass is 10.0. The largest absolute Gasteiger partial charge is 0.492 e. The zero-order chi connectivity index (χ0) is 11.8. The van der Waals surface area contributed by atoms with E-state index in [-0.39, 0.29) is 11.9 Å². The van der Waals surface area contributed by atoms with Crippen LogP contribution in [0.3, 0.4) is 0 Å². The quantitative estimate of drug-likeness (QED) is 0.762. The van der Waals surface area contributed by atoms with Crippen LogP contribution in [0.1, 0.15) is 5.56 Å². The smallest absolute Gasteiger partial charge is 0.312 e. The summed E-state index contributed by atoms with van der Waals surface area (Å²) in [6, 6.07) is 5.87. The number of carbonyl (C=O) groups excluding carboxylic acids is 1. The standard InChI is InChI=1S/C13H13NO3/c1-16-13(15)9-5-8-6-14-10-3-2-4-11(12(8)10)17-7-9/h2-4,6,9,14H,5,7H2,1H3/t9-/m0/s1. The van der Waals surface area contributed by atoms with E-state index >= 15 is 0 Å². The van der Waals surface area contributed by atoms with E-state index in [2.05, 4.69) is 4.98 Å². The van der Waals surface area contributed by atoms with Crippen LogP contribution in [0.25, 0.3) is 10.9 Å². The van der Waals surface area contributed by atoms with Gasteiger partial charge in [0.05, 0.1) is 13.0 Å². The highest BCUT2D eigenvalue weighted by atomic mass is 16.5. The first kappa shape index (κ1) is 10.2. The van der Waals surface area contributed by atoms with E-state index in [1.807, 2.05) is 24.4 Å². The molecule has 0 saturated heterocycles. The molecule has 3 rings (SSSR count). The Balaban J connectivity index is 2.07. The van der Waals surface area contributed by atoms with Crippen molar-refractivity contribution < 1.29 is 14.3 Å². The minimum atomic E-state index is -0.230. The second-order valence-corrected chi connectivity index (χ2v) is 4.23. The van der Waals surface area contributed by atoms with Crippen molar-refractivity contribution in [3.63, 3.8) is 0 Å². The van der Waals surface area contributed by atoms with Gasteiger partial charge in [-0.2, -0.15) is 0 Å². The lowest BCUT2D eigenvalue weighted by molar-refractivity contribution is -0.146. The molecule has 1 aromatic heterocycles. The Morgan fingerprint density at radius 3 is 3.24 bits per heavy atom. The average molecular weight is 231 g/mol. The second kappa shape index (κ2) is 3.80. The summed E-state index contributed by atoms with van der Waals surface area (Å²) in [4.78, 5) is 14.8. The highest BCUT2D eigenvalue weighted by Crippen LogP contribution is 2.33. The minimum Gasteiger partial charge on any atom is -0.492 e. The van der Waals surface area contributed by atoms with Crippen LogP contribution in [-0.2, 0) is 16.0 Å². The van der Waals surface area contributed by atoms with Crippen molar-refractivity contribution >= 4 is 16.9 Å². The number of nitrogens with one attached hydrogen (secondary N) is 1. The molecule has 88 valence electrons. The molecule has 0 amide bonds. The third-order valence-electron chi connectivity index (χ3n) is 3.19. The zero-order valence-corrected chi connectivity index (χ0v) is 9.53. The van der Waals surface area contributed by atoms with E-state index in [0.29, 0.717) is 13.0 Å². The van der Waals surface area contributed by atoms with Crippen LogP contribution in [0.15, 0.2) is 24.4 Å². The Labute approximate surface area is 98.5 Å². The molecule has 4 nitrogen and oxygen atoms in total. The molecule has 1 aliphatic rings. The van der Waals surface area contributed by atoms with Crippen molar-refractivity contribution in [2.45, 2.75) is 6.42 Å². The van der Waals surface area contributed by atoms with Crippen molar-refractivity contribution in [1.29, 1.82) is 0 Å². The normalized spacial score (nSPS) is 18.5. The van der Waals surface area contributed by atoms with Gasteiger partial charge in [0.2, 0.25) is 0 Å². The fourth-order valence-electron chi connectivity index (χ4n) is 2.33. The van der Waals surface area contributed by atoms with E-state index in [9.17, 15) is 4.79 Å². The summed E-state index contributed by atoms with van der Waals surface area (Å²) in [5, 5.41) is 1.08. The molecule has 0 bridgehead atoms. The van der Waals surface area contributed by atoms with Gasteiger partial charge in [0.1, 0.15) is 12.4 Å². The molecule has 1 N–H and O–H groups in total. The number of aromatic nitrogens is 1. The predicted molar refractivity (Wildman–Crippen MR) is 63.0 cm³/mol. The van der Waals surface area contributed by atoms with E-state index in [1.165, 1.54) is 7.11 Å². The maximum absolute atomic E-state index is 11.6. The predicted octanol–water partition coefficient (Wildman–Crippen LogP) is 1.89. The number of benzene rings is 1. The molecule has 0 radical (unpaired) electrons. The number of carbonyl (C=O) groups is 1. The Hall–Kier alpha value is -1.97. The summed E-state index contributed by atoms with van der Waals surface area (Å²) in [7, 11) is 1.41. The number of hydrogen-bond donors (Lipinski definition) is 1. The fraction of sp³-hybridized carbons (Fsp3) is 0.308. The van der Waals surface area contributed by atoms with Crippen LogP contribution >= 0.6 is 0 Å². The summed E-state index contributed by atoms with van der Waals surface area (Å²) in [6.07, 6.45) is 2.60. The number of methoxy groups -OCH3 is 1. The number of aromatic amines is 1. The van der Waals surface area contributed by atoms with Crippen LogP contribution < -0.4 is 4.74 Å². The van der Waals surface area contributed by atoms with Crippen LogP contribution in [0.2, 0.25) is 0 Å². The number of H-pyrrole nitrogens is 1. The highest BCUT2D eigenvalue weighted by molar-refractivity contribution is 5.90. The van der Waals surface area contributed by atoms with Crippen molar-refractivity contribution in [2.24, 2.45) is 5.92 Å². The van der Waals surface area contributed by atoms with Crippen molar-refractivity contribution in [1.82, 2.24) is 4.98 Å². The summed E-state index contributed by atoms with van der Waals surface area (Å²) in [5.41, 5.74) is 2.16. The summed E-state index contributed by atoms with van der Waals surface area (Å²) < 4.78 is 10.5. The van der Waals surface area contributed by atoms with Crippen LogP contribution in [0.5, 0.6) is 5.75 Å². The van der Waals surface area contributed by atoms with Crippen LogP contribution in [-0.4, -0.2) is 24.7 Å². The van der Waals surface area contributed by atoms with Gasteiger partial charge in [0, 0.05) is 17.1 Å². The Morgan fingerprint density at radius 2 is 2.41 bits per heavy atom. The zero-order valence-electron chi connectivity index (χ0n) is 9.53. The van der Waals surface area contributed by atoms with Crippen molar-refractivity contribution in [3.8, 4) is 5.75 Å². The minimum absolute atomic E-state index is 0.216. The third-order valence-corrected chi connectivity index (χ3v) is 3.19. The summed E-state index contributed by atoms with van der Waals surface area (Å²) in [6.45, 7) is 0.375. The molecule has 0 aliphatic carbocycles. The van der Waals surface area contributed by atoms with Crippen molar-refractivity contribution in [2.75, 3.05) is 13.7 Å². The molecule has 0 unspecified atom stereocenters. The maximum atomic E-state index is 11.6. The van der Waals surface area contributed by atoms with Gasteiger partial charge in [0.25, 0.3) is 0 Å². The van der Waals surface area contributed by atoms with Crippen LogP contribution in [0, 0.1) is 5.92 Å². The Bertz CT molecular complexity index is 573. The summed E-state index contributed by atoms with van der Waals surface area (Å²) >= 11 is 0. The van der Waals surface area contributed by atoms with Crippen molar-refractivity contribution in [3.05, 3.63) is 30.0 Å². The first-order chi connectivity index (χ1) is 8.29. The van der Waals surface area contributed by atoms with Crippen LogP contribution in [0.4, 0.5) is 0 Å². The van der Waals surface area contributed by atoms with Gasteiger partial charge in [-0.25, -0.2) is 0 Å². The monoisotopic (exact) mass is 231 g/mol. The van der Waals surface area contributed by atoms with Gasteiger partial charge in [-0.1, -0.05) is 6.07 Å². The van der Waals surface area contributed by atoms with E-state index in [0.717, 1.165) is 22.2 Å². The second-order valence-electron chi connectivity index (χ2n) is 4.23. The molecule has 1 aromatic carbocycles. The lowest BCUT2D eigenvalue weighted by Crippen LogP contribution is -2.24. The lowest BCUT2D eigenvalue weighted by Gasteiger charge is -2.11. The third kappa shape index (κ3) is 1.56. The SMILES string of the molecule is COC(=O)[C@@H]1COc2cccc3[nH]cc(c23)C1. The van der Waals surface area contributed by atoms with Gasteiger partial charge in [-0.05, 0) is 24.1 Å². The highest BCUT2D eigenvalue weighted by Gasteiger charge is 2.26. The number of esters is 1. The summed E-state index contributed by atoms with van der Waals surface area (Å²) in [5.74, 6) is 0.392. The molecule has 1 aliphatic heterocycles. The topological polar surface area (TPSA) is 51.3 Å². The maximum Gasteiger partial charge on any atom is 0.312 e. The van der Waals surface area contributed by atoms with Gasteiger partial charge >= 0.3 is 5.97 Å². The number of hydrogen-bond acceptors (Lipinski definition) is 3. The molecule has 1 atom stereocenters. The van der Waals surface area contributed by atoms with Gasteiger partial charge in [-0.3, -0.25) is 4.79 Å².